The molecule has 1 amide bonds. The highest BCUT2D eigenvalue weighted by molar-refractivity contribution is 5.83. The van der Waals surface area contributed by atoms with Crippen LogP contribution < -0.4 is 11.1 Å². The summed E-state index contributed by atoms with van der Waals surface area (Å²) in [6.45, 7) is 5.89. The van der Waals surface area contributed by atoms with Gasteiger partial charge in [-0.2, -0.15) is 0 Å². The van der Waals surface area contributed by atoms with Gasteiger partial charge in [-0.25, -0.2) is 0 Å². The first-order valence-corrected chi connectivity index (χ1v) is 7.49. The molecule has 2 aromatic carbocycles. The molecule has 0 spiro atoms. The average molecular weight is 300 g/mol. The lowest BCUT2D eigenvalue weighted by molar-refractivity contribution is -0.125. The molecule has 2 aromatic rings. The van der Waals surface area contributed by atoms with Crippen molar-refractivity contribution < 1.29 is 9.90 Å². The van der Waals surface area contributed by atoms with Crippen molar-refractivity contribution in [3.8, 4) is 0 Å². The van der Waals surface area contributed by atoms with Crippen LogP contribution in [0.2, 0.25) is 0 Å². The van der Waals surface area contributed by atoms with Gasteiger partial charge in [-0.15, -0.1) is 0 Å². The highest BCUT2D eigenvalue weighted by Crippen LogP contribution is 2.21. The molecule has 0 heterocycles. The van der Waals surface area contributed by atoms with Gasteiger partial charge in [0.05, 0.1) is 12.1 Å². The maximum atomic E-state index is 12.0. The fraction of sp³-hybridized carbons (Fsp3) is 0.389. The molecule has 0 bridgehead atoms. The fourth-order valence-electron chi connectivity index (χ4n) is 2.23. The predicted molar refractivity (Wildman–Crippen MR) is 89.3 cm³/mol. The summed E-state index contributed by atoms with van der Waals surface area (Å²) >= 11 is 0. The van der Waals surface area contributed by atoms with Gasteiger partial charge in [0.2, 0.25) is 5.91 Å². The van der Waals surface area contributed by atoms with Crippen molar-refractivity contribution >= 4 is 16.7 Å². The molecule has 0 saturated carbocycles. The zero-order valence-corrected chi connectivity index (χ0v) is 13.3. The largest absolute Gasteiger partial charge is 0.387 e. The summed E-state index contributed by atoms with van der Waals surface area (Å²) in [6, 6.07) is 13.1. The first-order valence-electron chi connectivity index (χ1n) is 7.49. The molecule has 0 saturated heterocycles. The molecule has 118 valence electrons. The van der Waals surface area contributed by atoms with Crippen LogP contribution in [0.5, 0.6) is 0 Å². The van der Waals surface area contributed by atoms with Crippen molar-refractivity contribution in [1.29, 1.82) is 0 Å². The zero-order valence-electron chi connectivity index (χ0n) is 13.3. The van der Waals surface area contributed by atoms with Crippen LogP contribution in [0.25, 0.3) is 10.8 Å². The van der Waals surface area contributed by atoms with E-state index in [0.717, 1.165) is 16.3 Å². The second-order valence-electron chi connectivity index (χ2n) is 6.71. The number of fused-ring (bicyclic) bond motifs is 1. The molecule has 0 fully saturated rings. The van der Waals surface area contributed by atoms with Crippen LogP contribution in [-0.2, 0) is 4.79 Å². The van der Waals surface area contributed by atoms with E-state index < -0.39 is 12.1 Å². The van der Waals surface area contributed by atoms with E-state index in [2.05, 4.69) is 5.32 Å². The lowest BCUT2D eigenvalue weighted by Gasteiger charge is -2.26. The van der Waals surface area contributed by atoms with Gasteiger partial charge in [0, 0.05) is 6.54 Å². The Labute approximate surface area is 131 Å². The minimum absolute atomic E-state index is 0.154. The standard InChI is InChI=1S/C18H24N2O2/c1-18(2,3)16(19)17(22)20-11-15(21)14-9-8-12-6-4-5-7-13(12)10-14/h4-10,15-16,21H,11,19H2,1-3H3,(H,20,22)/t15?,16-/m1/s1. The van der Waals surface area contributed by atoms with E-state index >= 15 is 0 Å². The van der Waals surface area contributed by atoms with Crippen molar-refractivity contribution in [3.05, 3.63) is 48.0 Å². The summed E-state index contributed by atoms with van der Waals surface area (Å²) in [5.41, 5.74) is 6.37. The Morgan fingerprint density at radius 1 is 1.18 bits per heavy atom. The fourth-order valence-corrected chi connectivity index (χ4v) is 2.23. The zero-order chi connectivity index (χ0) is 16.3. The summed E-state index contributed by atoms with van der Waals surface area (Å²) in [5.74, 6) is -0.243. The molecule has 0 aliphatic rings. The Balaban J connectivity index is 2.02. The summed E-state index contributed by atoms with van der Waals surface area (Å²) in [5, 5.41) is 15.2. The SMILES string of the molecule is CC(C)(C)[C@H](N)C(=O)NCC(O)c1ccc2ccccc2c1. The quantitative estimate of drug-likeness (QED) is 0.811. The van der Waals surface area contributed by atoms with E-state index in [1.54, 1.807) is 0 Å². The van der Waals surface area contributed by atoms with E-state index in [1.807, 2.05) is 63.2 Å². The second-order valence-corrected chi connectivity index (χ2v) is 6.71. The minimum atomic E-state index is -0.749. The van der Waals surface area contributed by atoms with Gasteiger partial charge in [-0.1, -0.05) is 57.2 Å². The second kappa shape index (κ2) is 6.46. The summed E-state index contributed by atoms with van der Waals surface area (Å²) in [6.07, 6.45) is -0.749. The topological polar surface area (TPSA) is 75.4 Å². The van der Waals surface area contributed by atoms with Gasteiger partial charge < -0.3 is 16.2 Å². The number of carbonyl (C=O) groups excluding carboxylic acids is 1. The number of hydrogen-bond donors (Lipinski definition) is 3. The number of benzene rings is 2. The molecule has 4 nitrogen and oxygen atoms in total. The number of aliphatic hydroxyl groups excluding tert-OH is 1. The summed E-state index contributed by atoms with van der Waals surface area (Å²) in [4.78, 5) is 12.0. The van der Waals surface area contributed by atoms with Gasteiger partial charge in [0.1, 0.15) is 0 Å². The number of nitrogens with two attached hydrogens (primary N) is 1. The van der Waals surface area contributed by atoms with Gasteiger partial charge in [0.15, 0.2) is 0 Å². The van der Waals surface area contributed by atoms with Gasteiger partial charge >= 0.3 is 0 Å². The van der Waals surface area contributed by atoms with Gasteiger partial charge in [-0.05, 0) is 27.8 Å². The van der Waals surface area contributed by atoms with Crippen molar-refractivity contribution in [2.45, 2.75) is 32.9 Å². The van der Waals surface area contributed by atoms with E-state index in [0.29, 0.717) is 0 Å². The van der Waals surface area contributed by atoms with Crippen LogP contribution in [0.1, 0.15) is 32.4 Å². The molecule has 2 atom stereocenters. The summed E-state index contributed by atoms with van der Waals surface area (Å²) in [7, 11) is 0. The Bertz CT molecular complexity index is 661. The molecule has 0 aliphatic carbocycles. The number of amides is 1. The highest BCUT2D eigenvalue weighted by atomic mass is 16.3. The smallest absolute Gasteiger partial charge is 0.237 e. The molecule has 1 unspecified atom stereocenters. The monoisotopic (exact) mass is 300 g/mol. The van der Waals surface area contributed by atoms with Gasteiger partial charge in [0.25, 0.3) is 0 Å². The number of nitrogens with one attached hydrogen (secondary N) is 1. The van der Waals surface area contributed by atoms with Crippen LogP contribution in [0.4, 0.5) is 0 Å². The van der Waals surface area contributed by atoms with E-state index in [-0.39, 0.29) is 17.9 Å². The van der Waals surface area contributed by atoms with Crippen molar-refractivity contribution in [2.24, 2.45) is 11.1 Å². The molecule has 4 N–H and O–H groups in total. The number of rotatable bonds is 4. The van der Waals surface area contributed by atoms with Crippen LogP contribution in [0.15, 0.2) is 42.5 Å². The Morgan fingerprint density at radius 2 is 1.82 bits per heavy atom. The normalized spacial score (nSPS) is 14.6. The third-order valence-corrected chi connectivity index (χ3v) is 3.84. The third kappa shape index (κ3) is 3.84. The maximum absolute atomic E-state index is 12.0. The van der Waals surface area contributed by atoms with Gasteiger partial charge in [-0.3, -0.25) is 4.79 Å². The van der Waals surface area contributed by atoms with Crippen molar-refractivity contribution in [3.63, 3.8) is 0 Å². The van der Waals surface area contributed by atoms with Crippen LogP contribution in [-0.4, -0.2) is 23.6 Å². The molecular formula is C18H24N2O2. The average Bonchev–Trinajstić information content (AvgIpc) is 2.50. The Kier molecular flexibility index (Phi) is 4.84. The predicted octanol–water partition coefficient (Wildman–Crippen LogP) is 2.36. The molecule has 2 rings (SSSR count). The number of carbonyl (C=O) groups is 1. The van der Waals surface area contributed by atoms with E-state index in [9.17, 15) is 9.90 Å². The Morgan fingerprint density at radius 3 is 2.45 bits per heavy atom. The van der Waals surface area contributed by atoms with Crippen molar-refractivity contribution in [1.82, 2.24) is 5.32 Å². The molecule has 4 heteroatoms. The van der Waals surface area contributed by atoms with E-state index in [4.69, 9.17) is 5.73 Å². The molecule has 0 aromatic heterocycles. The lowest BCUT2D eigenvalue weighted by atomic mass is 9.87. The van der Waals surface area contributed by atoms with Crippen molar-refractivity contribution in [2.75, 3.05) is 6.54 Å². The highest BCUT2D eigenvalue weighted by Gasteiger charge is 2.27. The molecule has 0 aliphatic heterocycles. The summed E-state index contributed by atoms with van der Waals surface area (Å²) < 4.78 is 0. The van der Waals surface area contributed by atoms with E-state index in [1.165, 1.54) is 0 Å². The molecule has 22 heavy (non-hydrogen) atoms. The minimum Gasteiger partial charge on any atom is -0.387 e. The van der Waals surface area contributed by atoms with Crippen LogP contribution in [0, 0.1) is 5.41 Å². The first-order chi connectivity index (χ1) is 10.3. The number of hydrogen-bond acceptors (Lipinski definition) is 3. The maximum Gasteiger partial charge on any atom is 0.237 e. The van der Waals surface area contributed by atoms with Crippen LogP contribution >= 0.6 is 0 Å². The lowest BCUT2D eigenvalue weighted by Crippen LogP contribution is -2.49. The Hall–Kier alpha value is -1.91. The third-order valence-electron chi connectivity index (χ3n) is 3.84. The number of aliphatic hydroxyl groups is 1. The first kappa shape index (κ1) is 16.5. The molecular weight excluding hydrogens is 276 g/mol. The van der Waals surface area contributed by atoms with Crippen LogP contribution in [0.3, 0.4) is 0 Å². The molecule has 0 radical (unpaired) electrons.